The van der Waals surface area contributed by atoms with Gasteiger partial charge in [-0.1, -0.05) is 146 Å². The molecule has 0 bridgehead atoms. The third-order valence-corrected chi connectivity index (χ3v) is 7.28. The zero-order chi connectivity index (χ0) is 21.7. The average molecular weight is 450 g/mol. The van der Waals surface area contributed by atoms with Gasteiger partial charge in [0.2, 0.25) is 0 Å². The van der Waals surface area contributed by atoms with E-state index >= 15 is 0 Å². The van der Waals surface area contributed by atoms with Gasteiger partial charge in [0.15, 0.2) is 0 Å². The first-order valence-electron chi connectivity index (χ1n) is 12.8. The number of benzene rings is 1. The fraction of sp³-hybridized carbons (Fsp3) is 0.741. The summed E-state index contributed by atoms with van der Waals surface area (Å²) in [5, 5.41) is 0. The second-order valence-corrected chi connectivity index (χ2v) is 10.3. The van der Waals surface area contributed by atoms with Crippen LogP contribution in [0.15, 0.2) is 30.3 Å². The van der Waals surface area contributed by atoms with Gasteiger partial charge in [0.05, 0.1) is 0 Å². The lowest BCUT2D eigenvalue weighted by Crippen LogP contribution is -2.28. The predicted octanol–water partition coefficient (Wildman–Crippen LogP) is 9.79. The lowest BCUT2D eigenvalue weighted by atomic mass is 10.1. The Morgan fingerprint density at radius 3 is 1.67 bits per heavy atom. The third-order valence-electron chi connectivity index (χ3n) is 5.75. The summed E-state index contributed by atoms with van der Waals surface area (Å²) in [6, 6.07) is 10.8. The second kappa shape index (κ2) is 20.4. The Labute approximate surface area is 197 Å². The van der Waals surface area contributed by atoms with Crippen molar-refractivity contribution in [2.24, 2.45) is 0 Å². The van der Waals surface area contributed by atoms with Crippen LogP contribution in [0.2, 0.25) is 0 Å². The number of thioether (sulfide) groups is 1. The van der Waals surface area contributed by atoms with Crippen molar-refractivity contribution in [2.75, 3.05) is 17.2 Å². The van der Waals surface area contributed by atoms with Crippen LogP contribution in [0.4, 0.5) is 5.69 Å². The van der Waals surface area contributed by atoms with Crippen LogP contribution in [-0.2, 0) is 0 Å². The van der Waals surface area contributed by atoms with Gasteiger partial charge in [-0.05, 0) is 25.0 Å². The van der Waals surface area contributed by atoms with Gasteiger partial charge < -0.3 is 4.90 Å². The molecule has 3 heteroatoms. The summed E-state index contributed by atoms with van der Waals surface area (Å²) in [5.74, 6) is 1.16. The summed E-state index contributed by atoms with van der Waals surface area (Å²) in [7, 11) is 0. The number of hydrogen-bond acceptors (Lipinski definition) is 2. The minimum absolute atomic E-state index is 1.06. The van der Waals surface area contributed by atoms with Gasteiger partial charge in [0.1, 0.15) is 4.32 Å². The summed E-state index contributed by atoms with van der Waals surface area (Å²) < 4.78 is 1.06. The second-order valence-electron chi connectivity index (χ2n) is 8.55. The van der Waals surface area contributed by atoms with Gasteiger partial charge in [-0.3, -0.25) is 0 Å². The Bertz CT molecular complexity index is 503. The first-order chi connectivity index (χ1) is 14.8. The monoisotopic (exact) mass is 449 g/mol. The van der Waals surface area contributed by atoms with Crippen molar-refractivity contribution < 1.29 is 0 Å². The van der Waals surface area contributed by atoms with Crippen molar-refractivity contribution in [3.8, 4) is 0 Å². The minimum atomic E-state index is 1.06. The molecule has 1 nitrogen and oxygen atoms in total. The fourth-order valence-corrected chi connectivity index (χ4v) is 5.13. The van der Waals surface area contributed by atoms with E-state index in [4.69, 9.17) is 12.2 Å². The van der Waals surface area contributed by atoms with Crippen LogP contribution in [-0.4, -0.2) is 16.6 Å². The van der Waals surface area contributed by atoms with Crippen molar-refractivity contribution in [1.82, 2.24) is 0 Å². The molecule has 0 aliphatic carbocycles. The Morgan fingerprint density at radius 1 is 0.667 bits per heavy atom. The normalized spacial score (nSPS) is 11.0. The third kappa shape index (κ3) is 14.5. The molecule has 30 heavy (non-hydrogen) atoms. The molecule has 1 aromatic rings. The Morgan fingerprint density at radius 2 is 1.13 bits per heavy atom. The molecule has 0 radical (unpaired) electrons. The maximum Gasteiger partial charge on any atom is 0.140 e. The maximum atomic E-state index is 5.84. The van der Waals surface area contributed by atoms with Crippen molar-refractivity contribution in [2.45, 2.75) is 117 Å². The van der Waals surface area contributed by atoms with Gasteiger partial charge in [0.25, 0.3) is 0 Å². The van der Waals surface area contributed by atoms with Crippen LogP contribution < -0.4 is 4.90 Å². The van der Waals surface area contributed by atoms with E-state index in [0.29, 0.717) is 0 Å². The van der Waals surface area contributed by atoms with E-state index in [0.717, 1.165) is 16.6 Å². The highest BCUT2D eigenvalue weighted by atomic mass is 32.2. The first kappa shape index (κ1) is 27.5. The molecule has 172 valence electrons. The topological polar surface area (TPSA) is 3.24 Å². The molecule has 0 aromatic heterocycles. The highest BCUT2D eigenvalue weighted by Crippen LogP contribution is 2.22. The zero-order valence-electron chi connectivity index (χ0n) is 19.9. The fourth-order valence-electron chi connectivity index (χ4n) is 3.81. The predicted molar refractivity (Wildman–Crippen MR) is 144 cm³/mol. The maximum absolute atomic E-state index is 5.84. The van der Waals surface area contributed by atoms with Crippen molar-refractivity contribution in [3.05, 3.63) is 30.3 Å². The van der Waals surface area contributed by atoms with E-state index < -0.39 is 0 Å². The molecule has 0 fully saturated rings. The van der Waals surface area contributed by atoms with Crippen molar-refractivity contribution in [3.63, 3.8) is 0 Å². The Hall–Kier alpha value is -0.540. The molecule has 0 aliphatic rings. The highest BCUT2D eigenvalue weighted by molar-refractivity contribution is 8.23. The smallest absolute Gasteiger partial charge is 0.140 e. The minimum Gasteiger partial charge on any atom is -0.327 e. The zero-order valence-corrected chi connectivity index (χ0v) is 21.5. The average Bonchev–Trinajstić information content (AvgIpc) is 2.77. The van der Waals surface area contributed by atoms with Gasteiger partial charge in [-0.2, -0.15) is 0 Å². The molecule has 0 aliphatic heterocycles. The highest BCUT2D eigenvalue weighted by Gasteiger charge is 2.12. The largest absolute Gasteiger partial charge is 0.327 e. The van der Waals surface area contributed by atoms with Crippen LogP contribution in [0.3, 0.4) is 0 Å². The number of nitrogens with zero attached hydrogens (tertiary/aromatic N) is 1. The molecule has 0 N–H and O–H groups in total. The molecular weight excluding hydrogens is 402 g/mol. The molecule has 0 heterocycles. The van der Waals surface area contributed by atoms with E-state index in [2.05, 4.69) is 49.1 Å². The van der Waals surface area contributed by atoms with E-state index in [1.54, 1.807) is 0 Å². The first-order valence-corrected chi connectivity index (χ1v) is 14.2. The van der Waals surface area contributed by atoms with E-state index in [1.165, 1.54) is 108 Å². The van der Waals surface area contributed by atoms with E-state index in [-0.39, 0.29) is 0 Å². The number of thiocarbonyl (C=S) groups is 1. The molecule has 1 aromatic carbocycles. The van der Waals surface area contributed by atoms with Gasteiger partial charge in [-0.25, -0.2) is 0 Å². The summed E-state index contributed by atoms with van der Waals surface area (Å²) in [6.45, 7) is 5.63. The number of unbranched alkanes of at least 4 members (excludes halogenated alkanes) is 14. The molecule has 1 rings (SSSR count). The molecule has 0 unspecified atom stereocenters. The van der Waals surface area contributed by atoms with Gasteiger partial charge >= 0.3 is 0 Å². The number of anilines is 1. The van der Waals surface area contributed by atoms with Crippen LogP contribution in [0.25, 0.3) is 0 Å². The summed E-state index contributed by atoms with van der Waals surface area (Å²) in [5.41, 5.74) is 1.26. The lowest BCUT2D eigenvalue weighted by Gasteiger charge is -2.25. The van der Waals surface area contributed by atoms with Crippen molar-refractivity contribution in [1.29, 1.82) is 0 Å². The quantitative estimate of drug-likeness (QED) is 0.153. The van der Waals surface area contributed by atoms with Crippen LogP contribution in [0, 0.1) is 0 Å². The molecule has 0 amide bonds. The van der Waals surface area contributed by atoms with Gasteiger partial charge in [-0.15, -0.1) is 0 Å². The molecule has 0 spiro atoms. The Balaban J connectivity index is 2.25. The molecular formula is C27H47NS2. The SMILES string of the molecule is CCCCCCCCCCSC(=S)N(CCCCCCCCCC)c1ccccc1. The van der Waals surface area contributed by atoms with E-state index in [9.17, 15) is 0 Å². The molecule has 0 saturated heterocycles. The summed E-state index contributed by atoms with van der Waals surface area (Å²) in [6.07, 6.45) is 21.9. The molecule has 0 atom stereocenters. The van der Waals surface area contributed by atoms with E-state index in [1.807, 2.05) is 11.8 Å². The lowest BCUT2D eigenvalue weighted by molar-refractivity contribution is 0.578. The van der Waals surface area contributed by atoms with Crippen LogP contribution in [0.5, 0.6) is 0 Å². The number of para-hydroxylation sites is 1. The summed E-state index contributed by atoms with van der Waals surface area (Å²) >= 11 is 7.73. The van der Waals surface area contributed by atoms with Crippen LogP contribution >= 0.6 is 24.0 Å². The summed E-state index contributed by atoms with van der Waals surface area (Å²) in [4.78, 5) is 2.38. The van der Waals surface area contributed by atoms with Gasteiger partial charge in [0, 0.05) is 18.0 Å². The van der Waals surface area contributed by atoms with Crippen molar-refractivity contribution >= 4 is 34.0 Å². The molecule has 0 saturated carbocycles. The Kier molecular flexibility index (Phi) is 18.7. The van der Waals surface area contributed by atoms with Crippen LogP contribution in [0.1, 0.15) is 117 Å². The standard InChI is InChI=1S/C27H47NS2/c1-3-5-7-9-11-13-15-20-24-28(26-22-18-17-19-23-26)27(29)30-25-21-16-14-12-10-8-6-4-2/h17-19,22-23H,3-16,20-21,24-25H2,1-2H3. The number of hydrogen-bond donors (Lipinski definition) is 0. The number of rotatable bonds is 19.